The third kappa shape index (κ3) is 57.5. The summed E-state index contributed by atoms with van der Waals surface area (Å²) in [5, 5.41) is 87.9. The van der Waals surface area contributed by atoms with E-state index in [1.54, 1.807) is 6.08 Å². The Morgan fingerprint density at radius 1 is 0.330 bits per heavy atom. The van der Waals surface area contributed by atoms with Gasteiger partial charge in [0.2, 0.25) is 5.91 Å². The molecule has 0 aromatic carbocycles. The van der Waals surface area contributed by atoms with Crippen LogP contribution in [0.4, 0.5) is 0 Å². The van der Waals surface area contributed by atoms with Crippen LogP contribution in [0.25, 0.3) is 0 Å². The zero-order chi connectivity index (χ0) is 76.5. The van der Waals surface area contributed by atoms with Crippen molar-refractivity contribution in [1.29, 1.82) is 0 Å². The first kappa shape index (κ1) is 101. The highest BCUT2D eigenvalue weighted by molar-refractivity contribution is 5.76. The molecule has 0 spiro atoms. The highest BCUT2D eigenvalue weighted by Crippen LogP contribution is 2.31. The van der Waals surface area contributed by atoms with Crippen LogP contribution in [0.2, 0.25) is 0 Å². The number of carbonyl (C=O) groups is 1. The lowest BCUT2D eigenvalue weighted by Crippen LogP contribution is -2.65. The standard InChI is InChI=1S/C92H177NO13/c1-3-5-7-9-11-13-15-17-19-21-23-25-27-29-31-33-35-36-37-38-39-40-41-42-43-44-46-48-50-52-54-56-58-60-62-64-66-68-70-72-74-76-84(97)93-80(79-103-91-89(102)87(100)90(83(78-95)105-91)106-92-88(101)86(99)85(98)82(77-94)104-92)81(96)75-73-71-69-67-65-63-61-59-57-55-53-51-49-47-45-34-32-30-28-26-24-22-20-18-16-14-12-10-8-6-4-2/h21,23,73,75,80-83,85-92,94-96,98-102H,3-20,22,24-72,74,76-79H2,1-2H3,(H,93,97)/b23-21-,75-73+. The van der Waals surface area contributed by atoms with Gasteiger partial charge in [-0.15, -0.1) is 0 Å². The van der Waals surface area contributed by atoms with Crippen LogP contribution < -0.4 is 5.32 Å². The van der Waals surface area contributed by atoms with Gasteiger partial charge in [0.1, 0.15) is 48.8 Å². The Bertz CT molecular complexity index is 1870. The molecular formula is C92H177NO13. The topological polar surface area (TPSA) is 228 Å². The van der Waals surface area contributed by atoms with Gasteiger partial charge in [-0.25, -0.2) is 0 Å². The fourth-order valence-electron chi connectivity index (χ4n) is 15.8. The zero-order valence-electron chi connectivity index (χ0n) is 69.5. The summed E-state index contributed by atoms with van der Waals surface area (Å²) < 4.78 is 23.0. The second-order valence-electron chi connectivity index (χ2n) is 33.1. The molecule has 12 atom stereocenters. The molecule has 2 rings (SSSR count). The van der Waals surface area contributed by atoms with Crippen LogP contribution in [0.5, 0.6) is 0 Å². The summed E-state index contributed by atoms with van der Waals surface area (Å²) in [4.78, 5) is 13.4. The largest absolute Gasteiger partial charge is 0.394 e. The quantitative estimate of drug-likeness (QED) is 0.0204. The third-order valence-corrected chi connectivity index (χ3v) is 23.1. The summed E-state index contributed by atoms with van der Waals surface area (Å²) >= 11 is 0. The van der Waals surface area contributed by atoms with Gasteiger partial charge in [0.25, 0.3) is 0 Å². The van der Waals surface area contributed by atoms with E-state index in [0.29, 0.717) is 6.42 Å². The minimum atomic E-state index is -1.79. The molecule has 9 N–H and O–H groups in total. The summed E-state index contributed by atoms with van der Waals surface area (Å²) in [6, 6.07) is -0.914. The SMILES string of the molecule is CCCCCCCCCC/C=C\CCCCCCCCCCCCCCCCCCCCCCCCCCCCCCCC(=O)NC(COC1OC(CO)C(OC2OC(CO)C(O)C(O)C2O)C(O)C1O)C(O)/C=C/CCCCCCCCCCCCCCCCCCCCCCCCCCCCCCC. The van der Waals surface area contributed by atoms with Crippen LogP contribution in [0.15, 0.2) is 24.3 Å². The fraction of sp³-hybridized carbons (Fsp3) is 0.946. The van der Waals surface area contributed by atoms with Gasteiger partial charge >= 0.3 is 0 Å². The third-order valence-electron chi connectivity index (χ3n) is 23.1. The minimum absolute atomic E-state index is 0.228. The Morgan fingerprint density at radius 2 is 0.594 bits per heavy atom. The average molecular weight is 1510 g/mol. The number of carbonyl (C=O) groups excluding carboxylic acids is 1. The molecule has 0 radical (unpaired) electrons. The van der Waals surface area contributed by atoms with E-state index in [1.165, 1.54) is 398 Å². The Labute approximate surface area is 653 Å². The maximum absolute atomic E-state index is 13.4. The van der Waals surface area contributed by atoms with Gasteiger partial charge in [-0.05, 0) is 44.9 Å². The predicted octanol–water partition coefficient (Wildman–Crippen LogP) is 22.9. The molecule has 2 saturated heterocycles. The first-order chi connectivity index (χ1) is 52.1. The Morgan fingerprint density at radius 3 is 0.896 bits per heavy atom. The summed E-state index contributed by atoms with van der Waals surface area (Å²) in [6.45, 7) is 2.89. The molecule has 628 valence electrons. The lowest BCUT2D eigenvalue weighted by atomic mass is 9.97. The van der Waals surface area contributed by atoms with Crippen molar-refractivity contribution in [2.45, 2.75) is 537 Å². The second kappa shape index (κ2) is 76.1. The number of amides is 1. The number of rotatable bonds is 81. The smallest absolute Gasteiger partial charge is 0.220 e. The van der Waals surface area contributed by atoms with Gasteiger partial charge in [-0.3, -0.25) is 4.79 Å². The van der Waals surface area contributed by atoms with Crippen molar-refractivity contribution in [2.75, 3.05) is 19.8 Å². The molecule has 2 aliphatic rings. The molecule has 106 heavy (non-hydrogen) atoms. The number of ether oxygens (including phenoxy) is 4. The Kier molecular flexibility index (Phi) is 72.2. The number of aliphatic hydroxyl groups excluding tert-OH is 8. The van der Waals surface area contributed by atoms with Crippen molar-refractivity contribution < 1.29 is 64.6 Å². The van der Waals surface area contributed by atoms with E-state index in [0.717, 1.165) is 38.5 Å². The number of nitrogens with one attached hydrogen (secondary N) is 1. The van der Waals surface area contributed by atoms with Crippen molar-refractivity contribution in [2.24, 2.45) is 0 Å². The Hall–Kier alpha value is -1.53. The molecule has 12 unspecified atom stereocenters. The zero-order valence-corrected chi connectivity index (χ0v) is 69.5. The van der Waals surface area contributed by atoms with Gasteiger partial charge in [-0.1, -0.05) is 436 Å². The van der Waals surface area contributed by atoms with Crippen molar-refractivity contribution in [3.63, 3.8) is 0 Å². The molecule has 2 aliphatic heterocycles. The summed E-state index contributed by atoms with van der Waals surface area (Å²) in [5.74, 6) is -0.228. The van der Waals surface area contributed by atoms with Crippen molar-refractivity contribution in [3.8, 4) is 0 Å². The molecule has 0 aromatic rings. The number of unbranched alkanes of at least 4 members (excludes halogenated alkanes) is 66. The second-order valence-corrected chi connectivity index (χ2v) is 33.1. The van der Waals surface area contributed by atoms with Crippen molar-refractivity contribution in [1.82, 2.24) is 5.32 Å². The van der Waals surface area contributed by atoms with Crippen molar-refractivity contribution in [3.05, 3.63) is 24.3 Å². The van der Waals surface area contributed by atoms with E-state index in [-0.39, 0.29) is 18.9 Å². The molecule has 2 heterocycles. The van der Waals surface area contributed by atoms with Crippen LogP contribution in [0.1, 0.15) is 463 Å². The summed E-state index contributed by atoms with van der Waals surface area (Å²) in [7, 11) is 0. The summed E-state index contributed by atoms with van der Waals surface area (Å²) in [5.41, 5.74) is 0. The number of allylic oxidation sites excluding steroid dienone is 3. The van der Waals surface area contributed by atoms with E-state index >= 15 is 0 Å². The monoisotopic (exact) mass is 1500 g/mol. The predicted molar refractivity (Wildman–Crippen MR) is 443 cm³/mol. The van der Waals surface area contributed by atoms with Crippen LogP contribution in [0, 0.1) is 0 Å². The highest BCUT2D eigenvalue weighted by Gasteiger charge is 2.51. The number of hydrogen-bond donors (Lipinski definition) is 9. The molecule has 2 fully saturated rings. The van der Waals surface area contributed by atoms with Crippen LogP contribution in [-0.4, -0.2) is 140 Å². The minimum Gasteiger partial charge on any atom is -0.394 e. The maximum Gasteiger partial charge on any atom is 0.220 e. The maximum atomic E-state index is 13.4. The van der Waals surface area contributed by atoms with Gasteiger partial charge in [-0.2, -0.15) is 0 Å². The molecular weight excluding hydrogens is 1330 g/mol. The van der Waals surface area contributed by atoms with Gasteiger partial charge in [0, 0.05) is 6.42 Å². The molecule has 1 amide bonds. The molecule has 14 nitrogen and oxygen atoms in total. The van der Waals surface area contributed by atoms with Gasteiger partial charge in [0.05, 0.1) is 32.0 Å². The first-order valence-corrected chi connectivity index (χ1v) is 46.6. The fourth-order valence-corrected chi connectivity index (χ4v) is 15.8. The lowest BCUT2D eigenvalue weighted by Gasteiger charge is -2.46. The van der Waals surface area contributed by atoms with Gasteiger partial charge in [0.15, 0.2) is 12.6 Å². The van der Waals surface area contributed by atoms with E-state index in [1.807, 2.05) is 6.08 Å². The number of hydrogen-bond acceptors (Lipinski definition) is 13. The molecule has 0 aliphatic carbocycles. The van der Waals surface area contributed by atoms with E-state index in [9.17, 15) is 45.6 Å². The average Bonchev–Trinajstić information content (AvgIpc) is 0.790. The lowest BCUT2D eigenvalue weighted by molar-refractivity contribution is -0.359. The number of aliphatic hydroxyl groups is 8. The van der Waals surface area contributed by atoms with Crippen LogP contribution >= 0.6 is 0 Å². The van der Waals surface area contributed by atoms with E-state index in [4.69, 9.17) is 18.9 Å². The van der Waals surface area contributed by atoms with Gasteiger partial charge < -0.3 is 65.1 Å². The molecule has 0 aromatic heterocycles. The molecule has 14 heteroatoms. The Balaban J connectivity index is 1.54. The molecule has 0 bridgehead atoms. The van der Waals surface area contributed by atoms with E-state index < -0.39 is 86.8 Å². The normalized spacial score (nSPS) is 21.3. The first-order valence-electron chi connectivity index (χ1n) is 46.6. The summed E-state index contributed by atoms with van der Waals surface area (Å²) in [6.07, 6.45) is 84.6. The van der Waals surface area contributed by atoms with Crippen LogP contribution in [0.3, 0.4) is 0 Å². The van der Waals surface area contributed by atoms with E-state index in [2.05, 4.69) is 31.3 Å². The molecule has 0 saturated carbocycles. The highest BCUT2D eigenvalue weighted by atomic mass is 16.7. The van der Waals surface area contributed by atoms with Crippen molar-refractivity contribution >= 4 is 5.91 Å². The van der Waals surface area contributed by atoms with Crippen LogP contribution in [-0.2, 0) is 23.7 Å².